The lowest BCUT2D eigenvalue weighted by Crippen LogP contribution is -2.57. The molecule has 1 unspecified atom stereocenters. The molecule has 96 valence electrons. The van der Waals surface area contributed by atoms with Crippen molar-refractivity contribution in [1.29, 1.82) is 0 Å². The van der Waals surface area contributed by atoms with Crippen LogP contribution >= 0.6 is 0 Å². The van der Waals surface area contributed by atoms with Gasteiger partial charge in [-0.1, -0.05) is 0 Å². The molecule has 0 aromatic heterocycles. The summed E-state index contributed by atoms with van der Waals surface area (Å²) in [5, 5.41) is 9.17. The number of rotatable bonds is 3. The van der Waals surface area contributed by atoms with E-state index < -0.39 is 5.97 Å². The molecule has 0 saturated heterocycles. The Morgan fingerprint density at radius 3 is 2.00 bits per heavy atom. The van der Waals surface area contributed by atoms with Gasteiger partial charge in [0.1, 0.15) is 6.04 Å². The molecule has 1 N–H and O–H groups in total. The van der Waals surface area contributed by atoms with Crippen molar-refractivity contribution < 1.29 is 9.90 Å². The highest BCUT2D eigenvalue weighted by atomic mass is 16.4. The number of likely N-dealkylation sites (N-methyl/N-ethyl adjacent to an activating group) is 1. The fourth-order valence-electron chi connectivity index (χ4n) is 4.99. The average molecular weight is 237 g/mol. The Morgan fingerprint density at radius 1 is 1.12 bits per heavy atom. The van der Waals surface area contributed by atoms with Gasteiger partial charge in [0.2, 0.25) is 0 Å². The predicted octanol–water partition coefficient (Wildman–Crippen LogP) is 2.22. The Morgan fingerprint density at radius 2 is 1.59 bits per heavy atom. The summed E-state index contributed by atoms with van der Waals surface area (Å²) in [4.78, 5) is 13.3. The van der Waals surface area contributed by atoms with Gasteiger partial charge in [-0.25, -0.2) is 0 Å². The van der Waals surface area contributed by atoms with E-state index in [1.807, 2.05) is 14.0 Å². The zero-order chi connectivity index (χ0) is 12.2. The summed E-state index contributed by atoms with van der Waals surface area (Å²) in [6.07, 6.45) is 6.88. The van der Waals surface area contributed by atoms with Crippen LogP contribution in [0, 0.1) is 23.7 Å². The highest BCUT2D eigenvalue weighted by Gasteiger charge is 2.50. The van der Waals surface area contributed by atoms with Gasteiger partial charge in [-0.3, -0.25) is 9.69 Å². The number of nitrogens with zero attached hydrogens (tertiary/aromatic N) is 1. The first-order valence-corrected chi connectivity index (χ1v) is 7.01. The van der Waals surface area contributed by atoms with Crippen LogP contribution in [0.4, 0.5) is 0 Å². The van der Waals surface area contributed by atoms with Gasteiger partial charge in [0.25, 0.3) is 0 Å². The third kappa shape index (κ3) is 1.79. The van der Waals surface area contributed by atoms with E-state index in [4.69, 9.17) is 5.11 Å². The second kappa shape index (κ2) is 3.98. The molecule has 0 aliphatic heterocycles. The highest BCUT2D eigenvalue weighted by Crippen LogP contribution is 2.55. The van der Waals surface area contributed by atoms with E-state index >= 15 is 0 Å². The normalized spacial score (nSPS) is 45.2. The smallest absolute Gasteiger partial charge is 0.320 e. The molecule has 4 aliphatic rings. The van der Waals surface area contributed by atoms with Gasteiger partial charge in [-0.05, 0) is 69.7 Å². The molecule has 0 spiro atoms. The van der Waals surface area contributed by atoms with E-state index in [0.717, 1.165) is 23.7 Å². The average Bonchev–Trinajstić information content (AvgIpc) is 2.26. The molecule has 3 heteroatoms. The standard InChI is InChI=1S/C14H23NO2/c1-8(14(16)17)15(2)13-11-4-9-3-10(6-11)7-12(13)5-9/h8-13H,3-7H2,1-2H3,(H,16,17). The third-order valence-electron chi connectivity index (χ3n) is 5.62. The van der Waals surface area contributed by atoms with E-state index in [2.05, 4.69) is 4.90 Å². The fraction of sp³-hybridized carbons (Fsp3) is 0.929. The van der Waals surface area contributed by atoms with Crippen LogP contribution in [0.25, 0.3) is 0 Å². The summed E-state index contributed by atoms with van der Waals surface area (Å²) in [5.41, 5.74) is 0. The molecule has 4 rings (SSSR count). The lowest BCUT2D eigenvalue weighted by atomic mass is 9.54. The van der Waals surface area contributed by atoms with Crippen molar-refractivity contribution in [3.63, 3.8) is 0 Å². The number of carboxylic acids is 1. The van der Waals surface area contributed by atoms with Gasteiger partial charge in [0.15, 0.2) is 0 Å². The Bertz CT molecular complexity index is 300. The molecule has 0 radical (unpaired) electrons. The molecule has 0 heterocycles. The first-order valence-electron chi connectivity index (χ1n) is 7.01. The summed E-state index contributed by atoms with van der Waals surface area (Å²) in [7, 11) is 2.02. The predicted molar refractivity (Wildman–Crippen MR) is 65.7 cm³/mol. The maximum absolute atomic E-state index is 11.1. The Kier molecular flexibility index (Phi) is 2.69. The second-order valence-electron chi connectivity index (χ2n) is 6.60. The number of aliphatic carboxylic acids is 1. The van der Waals surface area contributed by atoms with E-state index in [9.17, 15) is 4.79 Å². The number of hydrogen-bond donors (Lipinski definition) is 1. The monoisotopic (exact) mass is 237 g/mol. The highest BCUT2D eigenvalue weighted by molar-refractivity contribution is 5.72. The lowest BCUT2D eigenvalue weighted by Gasteiger charge is -2.57. The van der Waals surface area contributed by atoms with Crippen molar-refractivity contribution >= 4 is 5.97 Å². The lowest BCUT2D eigenvalue weighted by molar-refractivity contribution is -0.146. The van der Waals surface area contributed by atoms with Gasteiger partial charge < -0.3 is 5.11 Å². The minimum absolute atomic E-state index is 0.336. The molecular formula is C14H23NO2. The Balaban J connectivity index is 1.77. The Hall–Kier alpha value is -0.570. The third-order valence-corrected chi connectivity index (χ3v) is 5.62. The zero-order valence-corrected chi connectivity index (χ0v) is 10.8. The van der Waals surface area contributed by atoms with Gasteiger partial charge in [0, 0.05) is 6.04 Å². The molecule has 4 saturated carbocycles. The molecule has 4 aliphatic carbocycles. The first-order chi connectivity index (χ1) is 8.06. The van der Waals surface area contributed by atoms with Gasteiger partial charge >= 0.3 is 5.97 Å². The van der Waals surface area contributed by atoms with Crippen LogP contribution in [0.1, 0.15) is 39.0 Å². The molecule has 0 amide bonds. The molecule has 0 aromatic carbocycles. The van der Waals surface area contributed by atoms with Crippen LogP contribution in [0.15, 0.2) is 0 Å². The van der Waals surface area contributed by atoms with Crippen LogP contribution < -0.4 is 0 Å². The fourth-order valence-corrected chi connectivity index (χ4v) is 4.99. The van der Waals surface area contributed by atoms with Crippen molar-refractivity contribution in [2.45, 2.75) is 51.1 Å². The SMILES string of the molecule is CC(C(=O)O)N(C)C1C2CC3CC(C2)CC1C3. The van der Waals surface area contributed by atoms with Crippen LogP contribution in [-0.2, 0) is 4.79 Å². The molecular weight excluding hydrogens is 214 g/mol. The minimum Gasteiger partial charge on any atom is -0.480 e. The van der Waals surface area contributed by atoms with E-state index in [1.165, 1.54) is 32.1 Å². The number of carbonyl (C=O) groups is 1. The zero-order valence-electron chi connectivity index (χ0n) is 10.8. The van der Waals surface area contributed by atoms with E-state index in [1.54, 1.807) is 0 Å². The van der Waals surface area contributed by atoms with E-state index in [0.29, 0.717) is 6.04 Å². The molecule has 4 bridgehead atoms. The summed E-state index contributed by atoms with van der Waals surface area (Å²) in [6, 6.07) is 0.200. The molecule has 0 aromatic rings. The molecule has 3 nitrogen and oxygen atoms in total. The van der Waals surface area contributed by atoms with Gasteiger partial charge in [-0.2, -0.15) is 0 Å². The topological polar surface area (TPSA) is 40.5 Å². The van der Waals surface area contributed by atoms with Crippen molar-refractivity contribution in [2.75, 3.05) is 7.05 Å². The molecule has 1 atom stereocenters. The summed E-state index contributed by atoms with van der Waals surface area (Å²) >= 11 is 0. The maximum atomic E-state index is 11.1. The second-order valence-corrected chi connectivity index (χ2v) is 6.60. The van der Waals surface area contributed by atoms with Crippen molar-refractivity contribution in [3.05, 3.63) is 0 Å². The van der Waals surface area contributed by atoms with Crippen molar-refractivity contribution in [1.82, 2.24) is 4.90 Å². The van der Waals surface area contributed by atoms with Crippen LogP contribution in [0.2, 0.25) is 0 Å². The number of hydrogen-bond acceptors (Lipinski definition) is 2. The van der Waals surface area contributed by atoms with Gasteiger partial charge in [-0.15, -0.1) is 0 Å². The molecule has 17 heavy (non-hydrogen) atoms. The summed E-state index contributed by atoms with van der Waals surface area (Å²) in [5.74, 6) is 2.79. The van der Waals surface area contributed by atoms with Crippen LogP contribution in [-0.4, -0.2) is 35.1 Å². The Labute approximate surface area is 103 Å². The van der Waals surface area contributed by atoms with Crippen LogP contribution in [0.5, 0.6) is 0 Å². The van der Waals surface area contributed by atoms with Crippen molar-refractivity contribution in [3.8, 4) is 0 Å². The minimum atomic E-state index is -0.679. The molecule has 4 fully saturated rings. The van der Waals surface area contributed by atoms with Gasteiger partial charge in [0.05, 0.1) is 0 Å². The maximum Gasteiger partial charge on any atom is 0.320 e. The summed E-state index contributed by atoms with van der Waals surface area (Å²) in [6.45, 7) is 1.83. The quantitative estimate of drug-likeness (QED) is 0.818. The van der Waals surface area contributed by atoms with Crippen molar-refractivity contribution in [2.24, 2.45) is 23.7 Å². The largest absolute Gasteiger partial charge is 0.480 e. The first kappa shape index (κ1) is 11.5. The van der Waals surface area contributed by atoms with E-state index in [-0.39, 0.29) is 6.04 Å². The van der Waals surface area contributed by atoms with Crippen LogP contribution in [0.3, 0.4) is 0 Å². The number of carboxylic acid groups (broad SMARTS) is 1. The summed E-state index contributed by atoms with van der Waals surface area (Å²) < 4.78 is 0.